The van der Waals surface area contributed by atoms with Gasteiger partial charge in [-0.15, -0.1) is 11.3 Å². The molecule has 0 saturated carbocycles. The van der Waals surface area contributed by atoms with E-state index >= 15 is 0 Å². The van der Waals surface area contributed by atoms with Crippen molar-refractivity contribution in [2.75, 3.05) is 26.9 Å². The Balaban J connectivity index is 2.54. The number of rotatable bonds is 10. The first-order valence-corrected chi connectivity index (χ1v) is 9.88. The number of ether oxygens (including phenoxy) is 1. The molecule has 8 heteroatoms. The molecular formula is C20H25NO6S. The molecular weight excluding hydrogens is 382 g/mol. The maximum absolute atomic E-state index is 12.9. The second kappa shape index (κ2) is 10.2. The standard InChI is InChI=1S/C20H25NO6S/c1-4-13-15(10-19(25)21(27-5-2)7-8-26-3)20(17(24)11-16(13)23)14-6-9-28-18(14)12-22/h6,9,11-12,23-24H,4-5,7-8,10H2,1-3H3. The minimum absolute atomic E-state index is 0.0886. The molecule has 0 saturated heterocycles. The summed E-state index contributed by atoms with van der Waals surface area (Å²) in [5.74, 6) is -0.601. The number of aromatic hydroxyl groups is 2. The molecule has 0 radical (unpaired) electrons. The molecule has 0 bridgehead atoms. The maximum Gasteiger partial charge on any atom is 0.250 e. The first-order valence-electron chi connectivity index (χ1n) is 9.00. The predicted octanol–water partition coefficient (Wildman–Crippen LogP) is 3.17. The quantitative estimate of drug-likeness (QED) is 0.464. The molecule has 0 unspecified atom stereocenters. The van der Waals surface area contributed by atoms with Crippen molar-refractivity contribution >= 4 is 23.5 Å². The third kappa shape index (κ3) is 4.70. The van der Waals surface area contributed by atoms with E-state index in [2.05, 4.69) is 0 Å². The smallest absolute Gasteiger partial charge is 0.250 e. The first kappa shape index (κ1) is 21.9. The molecule has 2 N–H and O–H groups in total. The number of phenolic OH excluding ortho intramolecular Hbond substituents is 2. The zero-order valence-corrected chi connectivity index (χ0v) is 17.0. The Labute approximate surface area is 168 Å². The summed E-state index contributed by atoms with van der Waals surface area (Å²) in [6, 6.07) is 2.97. The summed E-state index contributed by atoms with van der Waals surface area (Å²) in [7, 11) is 1.53. The second-order valence-electron chi connectivity index (χ2n) is 6.00. The summed E-state index contributed by atoms with van der Waals surface area (Å²) in [4.78, 5) is 30.2. The third-order valence-corrected chi connectivity index (χ3v) is 5.16. The summed E-state index contributed by atoms with van der Waals surface area (Å²) in [5, 5.41) is 23.8. The van der Waals surface area contributed by atoms with E-state index in [9.17, 15) is 19.8 Å². The Hall–Kier alpha value is -2.42. The zero-order chi connectivity index (χ0) is 20.7. The number of hydrogen-bond donors (Lipinski definition) is 2. The predicted molar refractivity (Wildman–Crippen MR) is 107 cm³/mol. The van der Waals surface area contributed by atoms with Crippen molar-refractivity contribution in [1.29, 1.82) is 0 Å². The van der Waals surface area contributed by atoms with Gasteiger partial charge in [-0.05, 0) is 35.9 Å². The monoisotopic (exact) mass is 407 g/mol. The summed E-state index contributed by atoms with van der Waals surface area (Å²) in [6.07, 6.45) is 1.07. The van der Waals surface area contributed by atoms with Crippen molar-refractivity contribution in [3.63, 3.8) is 0 Å². The Morgan fingerprint density at radius 2 is 2.00 bits per heavy atom. The highest BCUT2D eigenvalue weighted by Crippen LogP contribution is 2.42. The van der Waals surface area contributed by atoms with Crippen molar-refractivity contribution in [1.82, 2.24) is 5.06 Å². The molecule has 7 nitrogen and oxygen atoms in total. The first-order chi connectivity index (χ1) is 13.5. The van der Waals surface area contributed by atoms with Crippen LogP contribution in [-0.4, -0.2) is 54.3 Å². The van der Waals surface area contributed by atoms with Crippen LogP contribution in [-0.2, 0) is 27.2 Å². The minimum Gasteiger partial charge on any atom is -0.508 e. The van der Waals surface area contributed by atoms with Crippen molar-refractivity contribution in [3.8, 4) is 22.6 Å². The molecule has 0 aliphatic carbocycles. The van der Waals surface area contributed by atoms with E-state index < -0.39 is 0 Å². The third-order valence-electron chi connectivity index (χ3n) is 4.32. The maximum atomic E-state index is 12.9. The van der Waals surface area contributed by atoms with E-state index in [1.807, 2.05) is 6.92 Å². The Morgan fingerprint density at radius 1 is 1.25 bits per heavy atom. The van der Waals surface area contributed by atoms with Crippen LogP contribution in [0.25, 0.3) is 11.1 Å². The van der Waals surface area contributed by atoms with Crippen LogP contribution in [0.3, 0.4) is 0 Å². The SMILES string of the molecule is CCON(CCOC)C(=O)Cc1c(CC)c(O)cc(O)c1-c1ccsc1C=O. The van der Waals surface area contributed by atoms with Gasteiger partial charge in [-0.3, -0.25) is 14.4 Å². The summed E-state index contributed by atoms with van der Waals surface area (Å²) in [5.41, 5.74) is 1.95. The molecule has 0 atom stereocenters. The Bertz CT molecular complexity index is 832. The van der Waals surface area contributed by atoms with Crippen LogP contribution in [0.1, 0.15) is 34.6 Å². The van der Waals surface area contributed by atoms with Gasteiger partial charge >= 0.3 is 0 Å². The molecule has 0 aliphatic heterocycles. The van der Waals surface area contributed by atoms with E-state index in [0.717, 1.165) is 0 Å². The van der Waals surface area contributed by atoms with Gasteiger partial charge in [-0.2, -0.15) is 0 Å². The largest absolute Gasteiger partial charge is 0.508 e. The summed E-state index contributed by atoms with van der Waals surface area (Å²) in [6.45, 7) is 4.50. The van der Waals surface area contributed by atoms with Crippen LogP contribution in [0.2, 0.25) is 0 Å². The molecule has 1 aromatic carbocycles. The average molecular weight is 407 g/mol. The summed E-state index contributed by atoms with van der Waals surface area (Å²) < 4.78 is 5.02. The van der Waals surface area contributed by atoms with E-state index in [1.54, 1.807) is 18.4 Å². The topological polar surface area (TPSA) is 96.3 Å². The number of aldehydes is 1. The number of methoxy groups -OCH3 is 1. The molecule has 152 valence electrons. The number of thiophene rings is 1. The lowest BCUT2D eigenvalue weighted by molar-refractivity contribution is -0.186. The van der Waals surface area contributed by atoms with Gasteiger partial charge in [0.05, 0.1) is 31.1 Å². The van der Waals surface area contributed by atoms with E-state index in [-0.39, 0.29) is 30.4 Å². The summed E-state index contributed by atoms with van der Waals surface area (Å²) >= 11 is 1.25. The molecule has 0 fully saturated rings. The number of benzene rings is 1. The highest BCUT2D eigenvalue weighted by Gasteiger charge is 2.25. The van der Waals surface area contributed by atoms with Crippen molar-refractivity contribution in [2.45, 2.75) is 26.7 Å². The van der Waals surface area contributed by atoms with Gasteiger partial charge < -0.3 is 14.9 Å². The van der Waals surface area contributed by atoms with E-state index in [4.69, 9.17) is 9.57 Å². The van der Waals surface area contributed by atoms with Gasteiger partial charge in [-0.25, -0.2) is 5.06 Å². The average Bonchev–Trinajstić information content (AvgIpc) is 3.13. The lowest BCUT2D eigenvalue weighted by Gasteiger charge is -2.23. The molecule has 28 heavy (non-hydrogen) atoms. The fourth-order valence-corrected chi connectivity index (χ4v) is 3.79. The van der Waals surface area contributed by atoms with Crippen molar-refractivity contribution in [3.05, 3.63) is 33.5 Å². The van der Waals surface area contributed by atoms with Gasteiger partial charge in [0.25, 0.3) is 5.91 Å². The second-order valence-corrected chi connectivity index (χ2v) is 6.95. The molecule has 1 aromatic heterocycles. The number of phenols is 2. The Kier molecular flexibility index (Phi) is 7.98. The van der Waals surface area contributed by atoms with E-state index in [0.29, 0.717) is 53.1 Å². The van der Waals surface area contributed by atoms with Gasteiger partial charge in [-0.1, -0.05) is 6.92 Å². The molecule has 2 aromatic rings. The van der Waals surface area contributed by atoms with Crippen LogP contribution < -0.4 is 0 Å². The van der Waals surface area contributed by atoms with E-state index in [1.165, 1.54) is 29.6 Å². The minimum atomic E-state index is -0.331. The van der Waals surface area contributed by atoms with Crippen LogP contribution in [0.5, 0.6) is 11.5 Å². The number of hydrogen-bond acceptors (Lipinski definition) is 7. The van der Waals surface area contributed by atoms with Gasteiger partial charge in [0.15, 0.2) is 6.29 Å². The highest BCUT2D eigenvalue weighted by molar-refractivity contribution is 7.12. The molecule has 2 rings (SSSR count). The fourth-order valence-electron chi connectivity index (χ4n) is 3.09. The fraction of sp³-hybridized carbons (Fsp3) is 0.400. The molecule has 0 aliphatic rings. The Morgan fingerprint density at radius 3 is 2.61 bits per heavy atom. The van der Waals surface area contributed by atoms with Gasteiger partial charge in [0, 0.05) is 24.3 Å². The normalized spacial score (nSPS) is 10.8. The zero-order valence-electron chi connectivity index (χ0n) is 16.2. The number of carbonyl (C=O) groups excluding carboxylic acids is 2. The van der Waals surface area contributed by atoms with Crippen LogP contribution >= 0.6 is 11.3 Å². The lowest BCUT2D eigenvalue weighted by Crippen LogP contribution is -2.35. The number of carbonyl (C=O) groups is 2. The number of amides is 1. The van der Waals surface area contributed by atoms with Gasteiger partial charge in [0.2, 0.25) is 0 Å². The highest BCUT2D eigenvalue weighted by atomic mass is 32.1. The molecule has 0 spiro atoms. The van der Waals surface area contributed by atoms with Gasteiger partial charge in [0.1, 0.15) is 11.5 Å². The van der Waals surface area contributed by atoms with Crippen LogP contribution in [0.15, 0.2) is 17.5 Å². The lowest BCUT2D eigenvalue weighted by atomic mass is 9.90. The molecule has 1 heterocycles. The van der Waals surface area contributed by atoms with Crippen LogP contribution in [0.4, 0.5) is 0 Å². The van der Waals surface area contributed by atoms with Crippen LogP contribution in [0, 0.1) is 0 Å². The number of hydroxylamine groups is 2. The number of nitrogens with zero attached hydrogens (tertiary/aromatic N) is 1. The van der Waals surface area contributed by atoms with Crippen molar-refractivity contribution in [2.24, 2.45) is 0 Å². The van der Waals surface area contributed by atoms with Crippen molar-refractivity contribution < 1.29 is 29.4 Å². The molecule has 1 amide bonds.